The van der Waals surface area contributed by atoms with Gasteiger partial charge in [0, 0.05) is 22.6 Å². The Morgan fingerprint density at radius 3 is 2.69 bits per heavy atom. The van der Waals surface area contributed by atoms with Gasteiger partial charge < -0.3 is 5.32 Å². The molecule has 1 N–H and O–H groups in total. The molecule has 0 saturated carbocycles. The summed E-state index contributed by atoms with van der Waals surface area (Å²) >= 11 is 9.35. The molecule has 82 valence electrons. The van der Waals surface area contributed by atoms with Crippen LogP contribution in [-0.4, -0.2) is 9.97 Å². The SMILES string of the molecule is Cc1cc(Nc2nccnc2Cl)ccc1Br. The zero-order valence-corrected chi connectivity index (χ0v) is 10.9. The highest BCUT2D eigenvalue weighted by Crippen LogP contribution is 2.24. The van der Waals surface area contributed by atoms with Crippen molar-refractivity contribution in [3.63, 3.8) is 0 Å². The Morgan fingerprint density at radius 2 is 2.00 bits per heavy atom. The average molecular weight is 299 g/mol. The maximum absolute atomic E-state index is 5.90. The Morgan fingerprint density at radius 1 is 1.25 bits per heavy atom. The molecule has 0 bridgehead atoms. The van der Waals surface area contributed by atoms with Crippen molar-refractivity contribution in [3.8, 4) is 0 Å². The molecule has 0 atom stereocenters. The molecule has 3 nitrogen and oxygen atoms in total. The number of aromatic nitrogens is 2. The summed E-state index contributed by atoms with van der Waals surface area (Å²) in [6.45, 7) is 2.02. The molecule has 1 heterocycles. The minimum absolute atomic E-state index is 0.364. The van der Waals surface area contributed by atoms with E-state index in [0.29, 0.717) is 11.0 Å². The van der Waals surface area contributed by atoms with Crippen LogP contribution in [0.5, 0.6) is 0 Å². The number of hydrogen-bond donors (Lipinski definition) is 1. The second-order valence-electron chi connectivity index (χ2n) is 3.28. The average Bonchev–Trinajstić information content (AvgIpc) is 2.27. The molecule has 2 aromatic rings. The number of anilines is 2. The molecule has 16 heavy (non-hydrogen) atoms. The van der Waals surface area contributed by atoms with Crippen LogP contribution in [0.4, 0.5) is 11.5 Å². The molecule has 0 unspecified atom stereocenters. The first-order valence-electron chi connectivity index (χ1n) is 4.66. The summed E-state index contributed by atoms with van der Waals surface area (Å²) in [6.07, 6.45) is 3.15. The Labute approximate surface area is 107 Å². The van der Waals surface area contributed by atoms with Gasteiger partial charge in [-0.15, -0.1) is 0 Å². The van der Waals surface area contributed by atoms with Crippen molar-refractivity contribution >= 4 is 39.0 Å². The van der Waals surface area contributed by atoms with Gasteiger partial charge in [-0.1, -0.05) is 27.5 Å². The summed E-state index contributed by atoms with van der Waals surface area (Å²) in [5.41, 5.74) is 2.08. The van der Waals surface area contributed by atoms with Gasteiger partial charge in [-0.3, -0.25) is 0 Å². The van der Waals surface area contributed by atoms with Crippen molar-refractivity contribution in [1.82, 2.24) is 9.97 Å². The number of hydrogen-bond acceptors (Lipinski definition) is 3. The number of rotatable bonds is 2. The van der Waals surface area contributed by atoms with E-state index in [4.69, 9.17) is 11.6 Å². The molecule has 0 fully saturated rings. The van der Waals surface area contributed by atoms with Crippen LogP contribution in [0, 0.1) is 6.92 Å². The maximum Gasteiger partial charge on any atom is 0.171 e. The molecule has 0 aliphatic carbocycles. The van der Waals surface area contributed by atoms with Gasteiger partial charge in [0.25, 0.3) is 0 Å². The summed E-state index contributed by atoms with van der Waals surface area (Å²) < 4.78 is 1.07. The van der Waals surface area contributed by atoms with Gasteiger partial charge in [0.1, 0.15) is 0 Å². The molecule has 1 aromatic heterocycles. The smallest absolute Gasteiger partial charge is 0.171 e. The van der Waals surface area contributed by atoms with Crippen LogP contribution < -0.4 is 5.32 Å². The minimum Gasteiger partial charge on any atom is -0.338 e. The summed E-state index contributed by atoms with van der Waals surface area (Å²) in [5.74, 6) is 0.561. The summed E-state index contributed by atoms with van der Waals surface area (Å²) in [4.78, 5) is 8.05. The third-order valence-corrected chi connectivity index (χ3v) is 3.24. The zero-order chi connectivity index (χ0) is 11.5. The van der Waals surface area contributed by atoms with Gasteiger partial charge in [0.05, 0.1) is 0 Å². The van der Waals surface area contributed by atoms with Crippen molar-refractivity contribution in [2.45, 2.75) is 6.92 Å². The first-order valence-corrected chi connectivity index (χ1v) is 5.83. The number of halogens is 2. The predicted octanol–water partition coefficient (Wildman–Crippen LogP) is 3.94. The minimum atomic E-state index is 0.364. The van der Waals surface area contributed by atoms with Crippen LogP contribution in [-0.2, 0) is 0 Å². The van der Waals surface area contributed by atoms with Gasteiger partial charge in [-0.05, 0) is 30.7 Å². The van der Waals surface area contributed by atoms with Crippen molar-refractivity contribution in [2.24, 2.45) is 0 Å². The summed E-state index contributed by atoms with van der Waals surface area (Å²) in [5, 5.41) is 3.48. The summed E-state index contributed by atoms with van der Waals surface area (Å²) in [6, 6.07) is 5.93. The zero-order valence-electron chi connectivity index (χ0n) is 8.54. The molecule has 0 aliphatic heterocycles. The van der Waals surface area contributed by atoms with Crippen LogP contribution in [0.3, 0.4) is 0 Å². The van der Waals surface area contributed by atoms with E-state index < -0.39 is 0 Å². The van der Waals surface area contributed by atoms with E-state index in [0.717, 1.165) is 15.7 Å². The largest absolute Gasteiger partial charge is 0.338 e. The molecule has 5 heteroatoms. The number of nitrogens with one attached hydrogen (secondary N) is 1. The molecule has 0 saturated heterocycles. The van der Waals surface area contributed by atoms with Crippen LogP contribution in [0.15, 0.2) is 35.1 Å². The molecule has 0 spiro atoms. The van der Waals surface area contributed by atoms with Crippen molar-refractivity contribution in [1.29, 1.82) is 0 Å². The molecule has 2 rings (SSSR count). The molecule has 0 aliphatic rings. The van der Waals surface area contributed by atoms with Crippen molar-refractivity contribution in [3.05, 3.63) is 45.8 Å². The fraction of sp³-hybridized carbons (Fsp3) is 0.0909. The number of benzene rings is 1. The van der Waals surface area contributed by atoms with Crippen LogP contribution >= 0.6 is 27.5 Å². The maximum atomic E-state index is 5.90. The second-order valence-corrected chi connectivity index (χ2v) is 4.50. The topological polar surface area (TPSA) is 37.8 Å². The highest BCUT2D eigenvalue weighted by molar-refractivity contribution is 9.10. The lowest BCUT2D eigenvalue weighted by Gasteiger charge is -2.07. The molecule has 0 radical (unpaired) electrons. The van der Waals surface area contributed by atoms with E-state index in [1.807, 2.05) is 25.1 Å². The molecular formula is C11H9BrClN3. The normalized spacial score (nSPS) is 10.2. The van der Waals surface area contributed by atoms with Crippen LogP contribution in [0.2, 0.25) is 5.15 Å². The van der Waals surface area contributed by atoms with Gasteiger partial charge in [0.15, 0.2) is 11.0 Å². The highest BCUT2D eigenvalue weighted by atomic mass is 79.9. The van der Waals surface area contributed by atoms with E-state index >= 15 is 0 Å². The Hall–Kier alpha value is -1.13. The van der Waals surface area contributed by atoms with Crippen molar-refractivity contribution < 1.29 is 0 Å². The Bertz CT molecular complexity index is 516. The van der Waals surface area contributed by atoms with E-state index in [1.54, 1.807) is 12.4 Å². The van der Waals surface area contributed by atoms with Crippen LogP contribution in [0.1, 0.15) is 5.56 Å². The Balaban J connectivity index is 2.28. The standard InChI is InChI=1S/C11H9BrClN3/c1-7-6-8(2-3-9(7)12)16-11-10(13)14-4-5-15-11/h2-6H,1H3,(H,15,16). The molecule has 1 aromatic carbocycles. The van der Waals surface area contributed by atoms with E-state index in [1.165, 1.54) is 0 Å². The molecular weight excluding hydrogens is 289 g/mol. The second kappa shape index (κ2) is 4.80. The monoisotopic (exact) mass is 297 g/mol. The van der Waals surface area contributed by atoms with Gasteiger partial charge in [-0.25, -0.2) is 9.97 Å². The quantitative estimate of drug-likeness (QED) is 0.912. The van der Waals surface area contributed by atoms with Crippen LogP contribution in [0.25, 0.3) is 0 Å². The van der Waals surface area contributed by atoms with Gasteiger partial charge >= 0.3 is 0 Å². The first-order chi connectivity index (χ1) is 7.66. The Kier molecular flexibility index (Phi) is 3.41. The third-order valence-electron chi connectivity index (χ3n) is 2.07. The summed E-state index contributed by atoms with van der Waals surface area (Å²) in [7, 11) is 0. The lowest BCUT2D eigenvalue weighted by Crippen LogP contribution is -1.95. The molecule has 0 amide bonds. The van der Waals surface area contributed by atoms with Gasteiger partial charge in [-0.2, -0.15) is 0 Å². The highest BCUT2D eigenvalue weighted by Gasteiger charge is 2.03. The number of aryl methyl sites for hydroxylation is 1. The fourth-order valence-corrected chi connectivity index (χ4v) is 1.66. The lowest BCUT2D eigenvalue weighted by molar-refractivity contribution is 1.20. The first kappa shape index (κ1) is 11.4. The van der Waals surface area contributed by atoms with E-state index in [9.17, 15) is 0 Å². The van der Waals surface area contributed by atoms with E-state index in [2.05, 4.69) is 31.2 Å². The fourth-order valence-electron chi connectivity index (χ4n) is 1.26. The van der Waals surface area contributed by atoms with Gasteiger partial charge in [0.2, 0.25) is 0 Å². The number of nitrogens with zero attached hydrogens (tertiary/aromatic N) is 2. The van der Waals surface area contributed by atoms with Crippen molar-refractivity contribution in [2.75, 3.05) is 5.32 Å². The third kappa shape index (κ3) is 2.51. The lowest BCUT2D eigenvalue weighted by atomic mass is 10.2. The predicted molar refractivity (Wildman–Crippen MR) is 69.2 cm³/mol. The van der Waals surface area contributed by atoms with E-state index in [-0.39, 0.29) is 0 Å².